The first-order chi connectivity index (χ1) is 7.18. The zero-order valence-electron chi connectivity index (χ0n) is 8.58. The normalized spacial score (nSPS) is 17.5. The maximum absolute atomic E-state index is 12.7. The number of rotatable bonds is 2. The Kier molecular flexibility index (Phi) is 2.86. The van der Waals surface area contributed by atoms with Gasteiger partial charge in [0.2, 0.25) is 0 Å². The fourth-order valence-electron chi connectivity index (χ4n) is 1.80. The van der Waals surface area contributed by atoms with E-state index in [2.05, 4.69) is 10.4 Å². The number of hydrogen-bond donors (Lipinski definition) is 1. The van der Waals surface area contributed by atoms with E-state index in [0.29, 0.717) is 5.69 Å². The van der Waals surface area contributed by atoms with Crippen molar-refractivity contribution in [3.63, 3.8) is 0 Å². The average molecular weight is 216 g/mol. The Hall–Kier alpha value is -1.17. The van der Waals surface area contributed by atoms with Crippen LogP contribution in [0.1, 0.15) is 12.1 Å². The molecule has 4 nitrogen and oxygen atoms in total. The zero-order chi connectivity index (χ0) is 10.8. The van der Waals surface area contributed by atoms with Crippen molar-refractivity contribution in [3.8, 4) is 0 Å². The SMILES string of the molecule is Cn1cc(N2CCNCC2)c(C(F)F)n1. The Labute approximate surface area is 86.9 Å². The van der Waals surface area contributed by atoms with Gasteiger partial charge >= 0.3 is 0 Å². The number of piperazine rings is 1. The second-order valence-electron chi connectivity index (χ2n) is 3.61. The minimum atomic E-state index is -2.50. The molecule has 0 aromatic carbocycles. The quantitative estimate of drug-likeness (QED) is 0.792. The second-order valence-corrected chi connectivity index (χ2v) is 3.61. The van der Waals surface area contributed by atoms with Gasteiger partial charge < -0.3 is 10.2 Å². The van der Waals surface area contributed by atoms with Crippen molar-refractivity contribution >= 4 is 5.69 Å². The molecule has 1 aromatic rings. The number of anilines is 1. The van der Waals surface area contributed by atoms with Crippen molar-refractivity contribution in [2.45, 2.75) is 6.43 Å². The van der Waals surface area contributed by atoms with E-state index in [9.17, 15) is 8.78 Å². The summed E-state index contributed by atoms with van der Waals surface area (Å²) in [6.07, 6.45) is -0.844. The Balaban J connectivity index is 2.25. The largest absolute Gasteiger partial charge is 0.366 e. The van der Waals surface area contributed by atoms with Crippen molar-refractivity contribution in [2.24, 2.45) is 7.05 Å². The van der Waals surface area contributed by atoms with Crippen LogP contribution in [0, 0.1) is 0 Å². The van der Waals surface area contributed by atoms with Crippen LogP contribution in [-0.4, -0.2) is 36.0 Å². The van der Waals surface area contributed by atoms with Gasteiger partial charge in [0.05, 0.1) is 5.69 Å². The molecular formula is C9H14F2N4. The fourth-order valence-corrected chi connectivity index (χ4v) is 1.80. The van der Waals surface area contributed by atoms with Crippen molar-refractivity contribution in [1.29, 1.82) is 0 Å². The molecule has 84 valence electrons. The van der Waals surface area contributed by atoms with Crippen LogP contribution in [-0.2, 0) is 7.05 Å². The minimum Gasteiger partial charge on any atom is -0.366 e. The number of nitrogens with zero attached hydrogens (tertiary/aromatic N) is 3. The van der Waals surface area contributed by atoms with E-state index in [1.807, 2.05) is 4.90 Å². The van der Waals surface area contributed by atoms with Gasteiger partial charge in [0, 0.05) is 39.4 Å². The van der Waals surface area contributed by atoms with Crippen LogP contribution in [0.15, 0.2) is 6.20 Å². The summed E-state index contributed by atoms with van der Waals surface area (Å²) in [7, 11) is 1.66. The first-order valence-electron chi connectivity index (χ1n) is 4.96. The molecule has 0 unspecified atom stereocenters. The summed E-state index contributed by atoms with van der Waals surface area (Å²) in [4.78, 5) is 1.95. The molecule has 0 radical (unpaired) electrons. The lowest BCUT2D eigenvalue weighted by Crippen LogP contribution is -2.43. The molecule has 1 aliphatic rings. The summed E-state index contributed by atoms with van der Waals surface area (Å²) in [5.74, 6) is 0. The molecule has 0 spiro atoms. The molecule has 2 heterocycles. The summed E-state index contributed by atoms with van der Waals surface area (Å²) in [5.41, 5.74) is 0.452. The van der Waals surface area contributed by atoms with E-state index in [1.165, 1.54) is 4.68 Å². The van der Waals surface area contributed by atoms with Gasteiger partial charge in [-0.1, -0.05) is 0 Å². The molecule has 0 saturated carbocycles. The highest BCUT2D eigenvalue weighted by molar-refractivity contribution is 5.50. The zero-order valence-corrected chi connectivity index (χ0v) is 8.58. The van der Waals surface area contributed by atoms with E-state index in [4.69, 9.17) is 0 Å². The lowest BCUT2D eigenvalue weighted by molar-refractivity contribution is 0.145. The third kappa shape index (κ3) is 2.09. The molecule has 0 amide bonds. The number of halogens is 2. The van der Waals surface area contributed by atoms with Gasteiger partial charge in [-0.25, -0.2) is 8.78 Å². The Morgan fingerprint density at radius 1 is 1.40 bits per heavy atom. The van der Waals surface area contributed by atoms with Crippen LogP contribution < -0.4 is 10.2 Å². The van der Waals surface area contributed by atoms with Crippen molar-refractivity contribution in [1.82, 2.24) is 15.1 Å². The number of alkyl halides is 2. The number of nitrogens with one attached hydrogen (secondary N) is 1. The maximum Gasteiger partial charge on any atom is 0.284 e. The van der Waals surface area contributed by atoms with E-state index in [1.54, 1.807) is 13.2 Å². The molecule has 1 N–H and O–H groups in total. The van der Waals surface area contributed by atoms with Gasteiger partial charge in [-0.15, -0.1) is 0 Å². The first-order valence-corrected chi connectivity index (χ1v) is 4.96. The van der Waals surface area contributed by atoms with Gasteiger partial charge in [0.25, 0.3) is 6.43 Å². The predicted molar refractivity (Wildman–Crippen MR) is 53.2 cm³/mol. The van der Waals surface area contributed by atoms with E-state index in [0.717, 1.165) is 26.2 Å². The lowest BCUT2D eigenvalue weighted by Gasteiger charge is -2.28. The molecule has 1 aliphatic heterocycles. The van der Waals surface area contributed by atoms with Crippen molar-refractivity contribution < 1.29 is 8.78 Å². The van der Waals surface area contributed by atoms with Gasteiger partial charge in [-0.2, -0.15) is 5.10 Å². The molecule has 0 atom stereocenters. The summed E-state index contributed by atoms with van der Waals surface area (Å²) < 4.78 is 26.8. The third-order valence-electron chi connectivity index (χ3n) is 2.50. The average Bonchev–Trinajstić information content (AvgIpc) is 2.62. The third-order valence-corrected chi connectivity index (χ3v) is 2.50. The smallest absolute Gasteiger partial charge is 0.284 e. The van der Waals surface area contributed by atoms with E-state index in [-0.39, 0.29) is 5.69 Å². The maximum atomic E-state index is 12.7. The van der Waals surface area contributed by atoms with Gasteiger partial charge in [0.1, 0.15) is 0 Å². The summed E-state index contributed by atoms with van der Waals surface area (Å²) in [6, 6.07) is 0. The highest BCUT2D eigenvalue weighted by Crippen LogP contribution is 2.28. The molecule has 0 bridgehead atoms. The monoisotopic (exact) mass is 216 g/mol. The number of hydrogen-bond acceptors (Lipinski definition) is 3. The predicted octanol–water partition coefficient (Wildman–Crippen LogP) is 0.767. The molecule has 1 fully saturated rings. The minimum absolute atomic E-state index is 0.112. The summed E-state index contributed by atoms with van der Waals surface area (Å²) in [6.45, 7) is 3.17. The summed E-state index contributed by atoms with van der Waals surface area (Å²) >= 11 is 0. The second kappa shape index (κ2) is 4.14. The molecule has 15 heavy (non-hydrogen) atoms. The van der Waals surface area contributed by atoms with Crippen LogP contribution in [0.3, 0.4) is 0 Å². The first kappa shape index (κ1) is 10.4. The molecule has 1 aromatic heterocycles. The summed E-state index contributed by atoms with van der Waals surface area (Å²) in [5, 5.41) is 6.97. The van der Waals surface area contributed by atoms with Crippen molar-refractivity contribution in [3.05, 3.63) is 11.9 Å². The van der Waals surface area contributed by atoms with Crippen LogP contribution in [0.2, 0.25) is 0 Å². The van der Waals surface area contributed by atoms with Crippen LogP contribution in [0.25, 0.3) is 0 Å². The highest BCUT2D eigenvalue weighted by atomic mass is 19.3. The van der Waals surface area contributed by atoms with Crippen LogP contribution in [0.5, 0.6) is 0 Å². The molecular weight excluding hydrogens is 202 g/mol. The molecule has 0 aliphatic carbocycles. The Morgan fingerprint density at radius 3 is 2.67 bits per heavy atom. The Bertz CT molecular complexity index is 331. The van der Waals surface area contributed by atoms with Crippen LogP contribution in [0.4, 0.5) is 14.5 Å². The van der Waals surface area contributed by atoms with E-state index < -0.39 is 6.43 Å². The van der Waals surface area contributed by atoms with Gasteiger partial charge in [0.15, 0.2) is 5.69 Å². The molecule has 6 heteroatoms. The molecule has 1 saturated heterocycles. The molecule has 2 rings (SSSR count). The van der Waals surface area contributed by atoms with E-state index >= 15 is 0 Å². The topological polar surface area (TPSA) is 33.1 Å². The number of aromatic nitrogens is 2. The fraction of sp³-hybridized carbons (Fsp3) is 0.667. The van der Waals surface area contributed by atoms with Crippen molar-refractivity contribution in [2.75, 3.05) is 31.1 Å². The number of aryl methyl sites for hydroxylation is 1. The van der Waals surface area contributed by atoms with Crippen LogP contribution >= 0.6 is 0 Å². The van der Waals surface area contributed by atoms with Gasteiger partial charge in [-0.3, -0.25) is 4.68 Å². The lowest BCUT2D eigenvalue weighted by atomic mass is 10.3. The van der Waals surface area contributed by atoms with Gasteiger partial charge in [-0.05, 0) is 0 Å². The standard InChI is InChI=1S/C9H14F2N4/c1-14-6-7(8(13-14)9(10)11)15-4-2-12-3-5-15/h6,9,12H,2-5H2,1H3. The Morgan fingerprint density at radius 2 is 2.07 bits per heavy atom. The highest BCUT2D eigenvalue weighted by Gasteiger charge is 2.22.